The van der Waals surface area contributed by atoms with Gasteiger partial charge in [-0.25, -0.2) is 9.78 Å². The Bertz CT molecular complexity index is 1060. The molecule has 0 radical (unpaired) electrons. The molecule has 112 valence electrons. The third kappa shape index (κ3) is 2.24. The van der Waals surface area contributed by atoms with Gasteiger partial charge >= 0.3 is 5.69 Å². The van der Waals surface area contributed by atoms with Crippen molar-refractivity contribution < 1.29 is 4.74 Å². The first kappa shape index (κ1) is 13.2. The molecule has 0 aliphatic rings. The summed E-state index contributed by atoms with van der Waals surface area (Å²) in [4.78, 5) is 24.6. The van der Waals surface area contributed by atoms with Gasteiger partial charge in [0.2, 0.25) is 0 Å². The summed E-state index contributed by atoms with van der Waals surface area (Å²) in [6, 6.07) is 11.2. The average Bonchev–Trinajstić information content (AvgIpc) is 3.11. The molecule has 0 aliphatic carbocycles. The lowest BCUT2D eigenvalue weighted by Gasteiger charge is -2.06. The summed E-state index contributed by atoms with van der Waals surface area (Å²) in [6.07, 6.45) is 5.25. The van der Waals surface area contributed by atoms with Gasteiger partial charge in [-0.15, -0.1) is 6.42 Å². The van der Waals surface area contributed by atoms with Gasteiger partial charge in [0, 0.05) is 0 Å². The first-order valence-corrected chi connectivity index (χ1v) is 7.02. The van der Waals surface area contributed by atoms with Crippen LogP contribution in [0.2, 0.25) is 0 Å². The van der Waals surface area contributed by atoms with Crippen LogP contribution in [0.5, 0.6) is 5.75 Å². The minimum absolute atomic E-state index is 0.196. The molecule has 2 aromatic carbocycles. The number of para-hydroxylation sites is 1. The minimum atomic E-state index is -0.235. The zero-order chi connectivity index (χ0) is 15.8. The lowest BCUT2D eigenvalue weighted by Crippen LogP contribution is -1.99. The van der Waals surface area contributed by atoms with Crippen LogP contribution in [0.3, 0.4) is 0 Å². The van der Waals surface area contributed by atoms with E-state index in [0.717, 1.165) is 27.6 Å². The van der Waals surface area contributed by atoms with E-state index in [1.54, 1.807) is 0 Å². The molecule has 2 heterocycles. The molecule has 0 saturated carbocycles. The SMILES string of the molecule is C#CCOc1ccccc1-c1nc2cc3[nH]c(=O)[nH]c3cc2[nH]1. The van der Waals surface area contributed by atoms with Crippen molar-refractivity contribution in [3.05, 3.63) is 46.9 Å². The van der Waals surface area contributed by atoms with Crippen LogP contribution in [0, 0.1) is 12.3 Å². The topological polar surface area (TPSA) is 86.6 Å². The number of H-pyrrole nitrogens is 3. The molecule has 2 aromatic heterocycles. The third-order valence-corrected chi connectivity index (χ3v) is 3.57. The number of hydrogen-bond donors (Lipinski definition) is 3. The third-order valence-electron chi connectivity index (χ3n) is 3.57. The fourth-order valence-corrected chi connectivity index (χ4v) is 2.57. The molecule has 0 bridgehead atoms. The lowest BCUT2D eigenvalue weighted by molar-refractivity contribution is 0.371. The average molecular weight is 304 g/mol. The highest BCUT2D eigenvalue weighted by atomic mass is 16.5. The quantitative estimate of drug-likeness (QED) is 0.508. The largest absolute Gasteiger partial charge is 0.480 e. The van der Waals surface area contributed by atoms with Crippen molar-refractivity contribution in [2.45, 2.75) is 0 Å². The number of ether oxygens (including phenoxy) is 1. The Morgan fingerprint density at radius 1 is 1.09 bits per heavy atom. The number of imidazole rings is 2. The number of nitrogens with one attached hydrogen (secondary N) is 3. The van der Waals surface area contributed by atoms with Crippen molar-refractivity contribution in [1.29, 1.82) is 0 Å². The van der Waals surface area contributed by atoms with Crippen LogP contribution in [0.4, 0.5) is 0 Å². The van der Waals surface area contributed by atoms with Gasteiger partial charge < -0.3 is 19.7 Å². The number of fused-ring (bicyclic) bond motifs is 2. The summed E-state index contributed by atoms with van der Waals surface area (Å²) >= 11 is 0. The van der Waals surface area contributed by atoms with Gasteiger partial charge in [-0.2, -0.15) is 0 Å². The molecule has 0 fully saturated rings. The molecular formula is C17H12N4O2. The van der Waals surface area contributed by atoms with E-state index in [2.05, 4.69) is 25.9 Å². The van der Waals surface area contributed by atoms with Crippen LogP contribution in [0.25, 0.3) is 33.5 Å². The van der Waals surface area contributed by atoms with Gasteiger partial charge in [-0.05, 0) is 24.3 Å². The number of hydrogen-bond acceptors (Lipinski definition) is 3. The maximum absolute atomic E-state index is 11.3. The van der Waals surface area contributed by atoms with Gasteiger partial charge in [-0.1, -0.05) is 18.1 Å². The number of benzene rings is 2. The standard InChI is InChI=1S/C17H12N4O2/c1-2-7-23-15-6-4-3-5-10(15)16-18-11-8-13-14(9-12(11)19-16)21-17(22)20-13/h1,3-6,8-9H,7H2,(H,18,19)(H2,20,21,22). The number of aromatic amines is 3. The maximum atomic E-state index is 11.3. The van der Waals surface area contributed by atoms with E-state index in [0.29, 0.717) is 11.6 Å². The van der Waals surface area contributed by atoms with Crippen LogP contribution in [-0.2, 0) is 0 Å². The second kappa shape index (κ2) is 5.07. The Morgan fingerprint density at radius 2 is 1.87 bits per heavy atom. The van der Waals surface area contributed by atoms with Crippen molar-refractivity contribution in [1.82, 2.24) is 19.9 Å². The monoisotopic (exact) mass is 304 g/mol. The van der Waals surface area contributed by atoms with Crippen molar-refractivity contribution in [2.75, 3.05) is 6.61 Å². The molecule has 0 saturated heterocycles. The Morgan fingerprint density at radius 3 is 2.70 bits per heavy atom. The molecule has 0 aliphatic heterocycles. The van der Waals surface area contributed by atoms with Crippen LogP contribution >= 0.6 is 0 Å². The fraction of sp³-hybridized carbons (Fsp3) is 0.0588. The Hall–Kier alpha value is -3.46. The molecule has 23 heavy (non-hydrogen) atoms. The molecular weight excluding hydrogens is 292 g/mol. The number of terminal acetylenes is 1. The summed E-state index contributed by atoms with van der Waals surface area (Å²) < 4.78 is 5.57. The Balaban J connectivity index is 1.86. The minimum Gasteiger partial charge on any atom is -0.480 e. The van der Waals surface area contributed by atoms with Gasteiger partial charge in [0.05, 0.1) is 27.6 Å². The predicted molar refractivity (Wildman–Crippen MR) is 88.3 cm³/mol. The van der Waals surface area contributed by atoms with E-state index in [4.69, 9.17) is 11.2 Å². The molecule has 0 atom stereocenters. The van der Waals surface area contributed by atoms with Crippen LogP contribution in [0.1, 0.15) is 0 Å². The number of rotatable bonds is 3. The lowest BCUT2D eigenvalue weighted by atomic mass is 10.2. The summed E-state index contributed by atoms with van der Waals surface area (Å²) in [5, 5.41) is 0. The van der Waals surface area contributed by atoms with Gasteiger partial charge in [0.1, 0.15) is 18.2 Å². The smallest absolute Gasteiger partial charge is 0.323 e. The summed E-state index contributed by atoms with van der Waals surface area (Å²) in [5.74, 6) is 3.81. The fourth-order valence-electron chi connectivity index (χ4n) is 2.57. The molecule has 6 nitrogen and oxygen atoms in total. The van der Waals surface area contributed by atoms with E-state index in [1.165, 1.54) is 0 Å². The van der Waals surface area contributed by atoms with Gasteiger partial charge in [0.15, 0.2) is 0 Å². The molecule has 3 N–H and O–H groups in total. The van der Waals surface area contributed by atoms with Crippen molar-refractivity contribution in [2.24, 2.45) is 0 Å². The molecule has 4 aromatic rings. The van der Waals surface area contributed by atoms with Crippen molar-refractivity contribution in [3.63, 3.8) is 0 Å². The highest BCUT2D eigenvalue weighted by Crippen LogP contribution is 2.30. The van der Waals surface area contributed by atoms with Gasteiger partial charge in [-0.3, -0.25) is 0 Å². The number of aromatic nitrogens is 4. The van der Waals surface area contributed by atoms with Crippen LogP contribution in [0.15, 0.2) is 41.2 Å². The second-order valence-electron chi connectivity index (χ2n) is 5.07. The van der Waals surface area contributed by atoms with E-state index >= 15 is 0 Å². The predicted octanol–water partition coefficient (Wildman–Crippen LogP) is 2.41. The molecule has 0 spiro atoms. The number of nitrogens with zero attached hydrogens (tertiary/aromatic N) is 1. The second-order valence-corrected chi connectivity index (χ2v) is 5.07. The molecule has 0 unspecified atom stereocenters. The Labute approximate surface area is 130 Å². The van der Waals surface area contributed by atoms with E-state index in [1.807, 2.05) is 36.4 Å². The zero-order valence-corrected chi connectivity index (χ0v) is 12.0. The first-order valence-electron chi connectivity index (χ1n) is 7.02. The molecule has 4 rings (SSSR count). The summed E-state index contributed by atoms with van der Waals surface area (Å²) in [7, 11) is 0. The molecule has 0 amide bonds. The van der Waals surface area contributed by atoms with Gasteiger partial charge in [0.25, 0.3) is 0 Å². The maximum Gasteiger partial charge on any atom is 0.323 e. The summed E-state index contributed by atoms with van der Waals surface area (Å²) in [5.41, 5.74) is 3.63. The normalized spacial score (nSPS) is 10.9. The van der Waals surface area contributed by atoms with E-state index in [9.17, 15) is 4.79 Å². The highest BCUT2D eigenvalue weighted by Gasteiger charge is 2.12. The van der Waals surface area contributed by atoms with Crippen molar-refractivity contribution >= 4 is 22.1 Å². The van der Waals surface area contributed by atoms with E-state index in [-0.39, 0.29) is 12.3 Å². The van der Waals surface area contributed by atoms with Crippen LogP contribution < -0.4 is 10.4 Å². The molecule has 6 heteroatoms. The van der Waals surface area contributed by atoms with E-state index < -0.39 is 0 Å². The Kier molecular flexibility index (Phi) is 2.91. The first-order chi connectivity index (χ1) is 11.2. The van der Waals surface area contributed by atoms with Crippen LogP contribution in [-0.4, -0.2) is 26.5 Å². The highest BCUT2D eigenvalue weighted by molar-refractivity contribution is 5.92. The summed E-state index contributed by atoms with van der Waals surface area (Å²) in [6.45, 7) is 0.196. The zero-order valence-electron chi connectivity index (χ0n) is 12.0. The van der Waals surface area contributed by atoms with Crippen molar-refractivity contribution in [3.8, 4) is 29.5 Å².